The topological polar surface area (TPSA) is 283 Å². The zero-order valence-electron chi connectivity index (χ0n) is 53.1. The van der Waals surface area contributed by atoms with E-state index in [0.29, 0.717) is 0 Å². The molecule has 10 N–H and O–H groups in total. The summed E-state index contributed by atoms with van der Waals surface area (Å²) in [6.45, 7) is 13.0. The second-order valence-electron chi connectivity index (χ2n) is 24.5. The number of aliphatic carboxylic acids is 2. The number of aliphatic hydroxyl groups excluding tert-OH is 10. The maximum Gasteiger partial charge on any atom is 0.122 e. The predicted octanol–water partition coefficient (Wildman–Crippen LogP) is 8.15. The molecule has 0 saturated heterocycles. The lowest BCUT2D eigenvalue weighted by Gasteiger charge is -2.30. The Hall–Kier alpha value is -1.54. The second kappa shape index (κ2) is 60.6. The van der Waals surface area contributed by atoms with E-state index in [4.69, 9.17) is 51.1 Å². The molecule has 0 unspecified atom stereocenters. The van der Waals surface area contributed by atoms with Crippen LogP contribution in [0.15, 0.2) is 0 Å². The summed E-state index contributed by atoms with van der Waals surface area (Å²) in [6, 6.07) is 0. The van der Waals surface area contributed by atoms with Gasteiger partial charge in [-0.2, -0.15) is 0 Å². The maximum atomic E-state index is 9.98. The van der Waals surface area contributed by atoms with Crippen LogP contribution < -0.4 is 10.2 Å². The summed E-state index contributed by atoms with van der Waals surface area (Å²) in [7, 11) is 9.78. The van der Waals surface area contributed by atoms with Gasteiger partial charge >= 0.3 is 0 Å². The van der Waals surface area contributed by atoms with Crippen molar-refractivity contribution in [2.45, 2.75) is 333 Å². The van der Waals surface area contributed by atoms with Crippen molar-refractivity contribution in [3.8, 4) is 0 Å². The van der Waals surface area contributed by atoms with E-state index in [2.05, 4.69) is 55.9 Å². The Balaban J connectivity index is -0.000000509. The summed E-state index contributed by atoms with van der Waals surface area (Å²) in [6.07, 6.45) is 41.8. The number of carbonyl (C=O) groups excluding carboxylic acids is 2. The average molecular weight is 1160 g/mol. The molecule has 0 aromatic heterocycles. The summed E-state index contributed by atoms with van der Waals surface area (Å²) >= 11 is 0. The number of rotatable bonds is 54. The lowest BCUT2D eigenvalue weighted by atomic mass is 10.0. The van der Waals surface area contributed by atoms with Crippen molar-refractivity contribution in [3.05, 3.63) is 0 Å². The summed E-state index contributed by atoms with van der Waals surface area (Å²) in [4.78, 5) is 20.0. The fraction of sp³-hybridized carbons (Fsp3) is 0.969. The molecule has 0 amide bonds. The van der Waals surface area contributed by atoms with Gasteiger partial charge in [-0.05, 0) is 51.4 Å². The van der Waals surface area contributed by atoms with Crippen molar-refractivity contribution < 1.29 is 79.8 Å². The van der Waals surface area contributed by atoms with Gasteiger partial charge in [0.1, 0.15) is 48.8 Å². The smallest absolute Gasteiger partial charge is 0.122 e. The largest absolute Gasteiger partial charge is 0.547 e. The Bertz CT molecular complexity index is 1140. The number of aliphatic hydroxyl groups is 10. The third kappa shape index (κ3) is 58.2. The SMILES string of the molecule is CCCCCCCCCCCC[N+](C)(C)CCCCCCCCCCCC.CCCCCCCCCCCC[N+](C)(C)CCCCCCCCCCCC.O=C([O-])[C@H](O)[C@@H](O)[C@H](O)[C@H](O)CO.O=C([O-])[C@H](O)[C@@H](O)[C@H](O)[C@H](O)CO. The van der Waals surface area contributed by atoms with Gasteiger partial charge in [0.05, 0.1) is 79.5 Å². The highest BCUT2D eigenvalue weighted by atomic mass is 16.4. The predicted molar refractivity (Wildman–Crippen MR) is 323 cm³/mol. The molecular formula is C64H134N2O14. The van der Waals surface area contributed by atoms with Crippen LogP contribution in [0.3, 0.4) is 0 Å². The van der Waals surface area contributed by atoms with Crippen LogP contribution in [0.1, 0.15) is 285 Å². The number of hydrogen-bond acceptors (Lipinski definition) is 14. The number of nitrogens with zero attached hydrogens (tertiary/aromatic N) is 2. The van der Waals surface area contributed by atoms with Crippen molar-refractivity contribution in [3.63, 3.8) is 0 Å². The molecule has 0 spiro atoms. The van der Waals surface area contributed by atoms with Crippen molar-refractivity contribution in [1.29, 1.82) is 0 Å². The van der Waals surface area contributed by atoms with Crippen LogP contribution in [0, 0.1) is 0 Å². The summed E-state index contributed by atoms with van der Waals surface area (Å²) in [5.41, 5.74) is 0. The van der Waals surface area contributed by atoms with Crippen LogP contribution in [0.2, 0.25) is 0 Å². The molecule has 0 saturated carbocycles. The van der Waals surface area contributed by atoms with E-state index < -0.39 is 74.0 Å². The van der Waals surface area contributed by atoms with E-state index in [9.17, 15) is 19.8 Å². The Morgan fingerprint density at radius 1 is 0.287 bits per heavy atom. The molecule has 0 aromatic carbocycles. The van der Waals surface area contributed by atoms with Crippen LogP contribution in [0.25, 0.3) is 0 Å². The van der Waals surface area contributed by atoms with Gasteiger partial charge in [0.25, 0.3) is 0 Å². The standard InChI is InChI=1S/2C26H56N.2C6H12O7/c2*1-5-7-9-11-13-15-17-19-21-23-25-27(3,4)26-24-22-20-18-16-14-12-10-8-6-2;2*7-1-2(8)3(9)4(10)5(11)6(12)13/h2*5-26H2,1-4H3;2*2-5,7-11H,1H2,(H,12,13)/q2*+1;;/p-2/t;;2*2-,3-,4+,5-/m..11/s1. The Morgan fingerprint density at radius 3 is 0.575 bits per heavy atom. The van der Waals surface area contributed by atoms with Crippen molar-refractivity contribution in [2.24, 2.45) is 0 Å². The van der Waals surface area contributed by atoms with E-state index in [1.165, 1.54) is 292 Å². The van der Waals surface area contributed by atoms with Gasteiger partial charge in [0, 0.05) is 0 Å². The maximum absolute atomic E-state index is 9.98. The first-order valence-corrected chi connectivity index (χ1v) is 32.8. The Morgan fingerprint density at radius 2 is 0.438 bits per heavy atom. The minimum Gasteiger partial charge on any atom is -0.547 e. The molecule has 0 aromatic rings. The molecule has 0 radical (unpaired) electrons. The monoisotopic (exact) mass is 1150 g/mol. The molecule has 0 bridgehead atoms. The fourth-order valence-electron chi connectivity index (χ4n) is 9.66. The zero-order valence-corrected chi connectivity index (χ0v) is 53.1. The molecule has 16 heteroatoms. The molecule has 0 fully saturated rings. The van der Waals surface area contributed by atoms with E-state index in [0.717, 1.165) is 0 Å². The highest BCUT2D eigenvalue weighted by Gasteiger charge is 2.31. The zero-order chi connectivity index (χ0) is 61.3. The van der Waals surface area contributed by atoms with Crippen molar-refractivity contribution in [1.82, 2.24) is 0 Å². The van der Waals surface area contributed by atoms with Crippen molar-refractivity contribution in [2.75, 3.05) is 67.6 Å². The number of carboxylic acid groups (broad SMARTS) is 2. The highest BCUT2D eigenvalue weighted by Crippen LogP contribution is 2.17. The minimum atomic E-state index is -2.31. The van der Waals surface area contributed by atoms with Crippen LogP contribution in [-0.2, 0) is 9.59 Å². The lowest BCUT2D eigenvalue weighted by molar-refractivity contribution is -0.890. The van der Waals surface area contributed by atoms with E-state index in [1.807, 2.05) is 0 Å². The second-order valence-corrected chi connectivity index (χ2v) is 24.5. The van der Waals surface area contributed by atoms with E-state index >= 15 is 0 Å². The molecule has 484 valence electrons. The third-order valence-electron chi connectivity index (χ3n) is 15.5. The van der Waals surface area contributed by atoms with Gasteiger partial charge in [-0.3, -0.25) is 0 Å². The third-order valence-corrected chi connectivity index (χ3v) is 15.5. The summed E-state index contributed by atoms with van der Waals surface area (Å²) in [5, 5.41) is 107. The molecule has 0 aliphatic carbocycles. The first kappa shape index (κ1) is 84.9. The summed E-state index contributed by atoms with van der Waals surface area (Å²) < 4.78 is 2.49. The van der Waals surface area contributed by atoms with Gasteiger partial charge in [0.15, 0.2) is 0 Å². The van der Waals surface area contributed by atoms with Crippen LogP contribution in [-0.4, -0.2) is 188 Å². The molecule has 0 aliphatic heterocycles. The molecule has 80 heavy (non-hydrogen) atoms. The fourth-order valence-corrected chi connectivity index (χ4v) is 9.66. The van der Waals surface area contributed by atoms with E-state index in [1.54, 1.807) is 0 Å². The number of carboxylic acids is 2. The van der Waals surface area contributed by atoms with Crippen LogP contribution in [0.4, 0.5) is 0 Å². The highest BCUT2D eigenvalue weighted by molar-refractivity contribution is 5.70. The molecular weight excluding hydrogens is 1020 g/mol. The van der Waals surface area contributed by atoms with Crippen molar-refractivity contribution >= 4 is 11.9 Å². The number of quaternary nitrogens is 2. The number of unbranched alkanes of at least 4 members (excludes halogenated alkanes) is 36. The van der Waals surface area contributed by atoms with E-state index in [-0.39, 0.29) is 0 Å². The van der Waals surface area contributed by atoms with Crippen LogP contribution >= 0.6 is 0 Å². The molecule has 16 nitrogen and oxygen atoms in total. The lowest BCUT2D eigenvalue weighted by Crippen LogP contribution is -2.52. The Labute approximate surface area is 491 Å². The first-order chi connectivity index (χ1) is 38.1. The number of carbonyl (C=O) groups is 2. The molecule has 8 atom stereocenters. The molecule has 0 rings (SSSR count). The molecule has 0 heterocycles. The van der Waals surface area contributed by atoms with Gasteiger partial charge in [-0.15, -0.1) is 0 Å². The van der Waals surface area contributed by atoms with Gasteiger partial charge in [-0.1, -0.05) is 233 Å². The normalized spacial score (nSPS) is 14.7. The van der Waals surface area contributed by atoms with Gasteiger partial charge in [0.2, 0.25) is 0 Å². The number of hydrogen-bond donors (Lipinski definition) is 10. The average Bonchev–Trinajstić information content (AvgIpc) is 3.43. The Kier molecular flexibility index (Phi) is 64.3. The summed E-state index contributed by atoms with van der Waals surface area (Å²) in [5.74, 6) is -3.95. The van der Waals surface area contributed by atoms with Gasteiger partial charge in [-0.25, -0.2) is 0 Å². The first-order valence-electron chi connectivity index (χ1n) is 32.8. The van der Waals surface area contributed by atoms with Crippen LogP contribution in [0.5, 0.6) is 0 Å². The minimum absolute atomic E-state index is 0.863. The molecule has 0 aliphatic rings. The quantitative estimate of drug-likeness (QED) is 0.0203. The van der Waals surface area contributed by atoms with Gasteiger partial charge < -0.3 is 79.8 Å².